The Morgan fingerprint density at radius 3 is 2.47 bits per heavy atom. The fourth-order valence-corrected chi connectivity index (χ4v) is 1.79. The van der Waals surface area contributed by atoms with Crippen LogP contribution in [-0.4, -0.2) is 49.5 Å². The Morgan fingerprint density at radius 2 is 1.88 bits per heavy atom. The highest BCUT2D eigenvalue weighted by atomic mass is 16.5. The molecule has 0 aromatic heterocycles. The molecule has 0 aromatic rings. The van der Waals surface area contributed by atoms with Crippen LogP contribution in [0.1, 0.15) is 34.1 Å². The normalized spacial score (nSPS) is 19.5. The van der Waals surface area contributed by atoms with Crippen LogP contribution < -0.4 is 0 Å². The maximum absolute atomic E-state index is 5.79. The largest absolute Gasteiger partial charge is 0.379 e. The molecular formula is C14H25NO2. The summed E-state index contributed by atoms with van der Waals surface area (Å²) in [4.78, 5) is 2.33. The van der Waals surface area contributed by atoms with Crippen LogP contribution in [0.2, 0.25) is 0 Å². The van der Waals surface area contributed by atoms with Crippen molar-refractivity contribution in [3.8, 4) is 11.8 Å². The van der Waals surface area contributed by atoms with Gasteiger partial charge < -0.3 is 9.47 Å². The summed E-state index contributed by atoms with van der Waals surface area (Å²) in [6.07, 6.45) is 1.01. The molecule has 0 unspecified atom stereocenters. The summed E-state index contributed by atoms with van der Waals surface area (Å²) in [7, 11) is 0. The van der Waals surface area contributed by atoms with Crippen LogP contribution in [0.4, 0.5) is 0 Å². The van der Waals surface area contributed by atoms with Crippen molar-refractivity contribution in [3.63, 3.8) is 0 Å². The summed E-state index contributed by atoms with van der Waals surface area (Å²) in [6.45, 7) is 12.8. The van der Waals surface area contributed by atoms with Gasteiger partial charge in [-0.1, -0.05) is 11.8 Å². The number of ether oxygens (including phenoxy) is 2. The first kappa shape index (κ1) is 14.5. The van der Waals surface area contributed by atoms with E-state index in [1.54, 1.807) is 0 Å². The van der Waals surface area contributed by atoms with E-state index in [4.69, 9.17) is 9.47 Å². The predicted molar refractivity (Wildman–Crippen MR) is 70.0 cm³/mol. The number of rotatable bonds is 3. The Labute approximate surface area is 105 Å². The second kappa shape index (κ2) is 7.00. The number of nitrogens with zero attached hydrogens (tertiary/aromatic N) is 1. The van der Waals surface area contributed by atoms with E-state index in [9.17, 15) is 0 Å². The fraction of sp³-hybridized carbons (Fsp3) is 0.857. The number of morpholine rings is 1. The summed E-state index contributed by atoms with van der Waals surface area (Å²) in [5.41, 5.74) is -0.0781. The van der Waals surface area contributed by atoms with Gasteiger partial charge in [-0.25, -0.2) is 0 Å². The van der Waals surface area contributed by atoms with Crippen molar-refractivity contribution >= 4 is 0 Å². The molecule has 0 N–H and O–H groups in total. The predicted octanol–water partition coefficient (Wildman–Crippen LogP) is 1.92. The third-order valence-electron chi connectivity index (χ3n) is 2.48. The molecule has 1 atom stereocenters. The second-order valence-corrected chi connectivity index (χ2v) is 5.49. The lowest BCUT2D eigenvalue weighted by Crippen LogP contribution is -2.36. The molecule has 1 heterocycles. The molecular weight excluding hydrogens is 214 g/mol. The molecule has 3 nitrogen and oxygen atoms in total. The van der Waals surface area contributed by atoms with Crippen molar-refractivity contribution in [2.45, 2.75) is 45.8 Å². The van der Waals surface area contributed by atoms with Crippen LogP contribution in [-0.2, 0) is 9.47 Å². The van der Waals surface area contributed by atoms with Crippen molar-refractivity contribution in [1.82, 2.24) is 4.90 Å². The maximum atomic E-state index is 5.79. The van der Waals surface area contributed by atoms with E-state index in [-0.39, 0.29) is 11.7 Å². The van der Waals surface area contributed by atoms with E-state index in [0.29, 0.717) is 0 Å². The van der Waals surface area contributed by atoms with Crippen molar-refractivity contribution in [2.75, 3.05) is 32.8 Å². The van der Waals surface area contributed by atoms with Gasteiger partial charge in [-0.05, 0) is 27.7 Å². The standard InChI is InChI=1S/C14H25NO2/c1-13(17-14(2,3)4)7-5-6-8-15-9-11-16-12-10-15/h13H,7-12H2,1-4H3/t13-/m1/s1. The lowest BCUT2D eigenvalue weighted by Gasteiger charge is -2.24. The first-order chi connectivity index (χ1) is 7.97. The molecule has 0 aromatic carbocycles. The third kappa shape index (κ3) is 7.38. The molecule has 1 saturated heterocycles. The molecule has 1 aliphatic rings. The highest BCUT2D eigenvalue weighted by Gasteiger charge is 2.14. The van der Waals surface area contributed by atoms with Gasteiger partial charge in [0.1, 0.15) is 0 Å². The van der Waals surface area contributed by atoms with Gasteiger partial charge in [0.15, 0.2) is 0 Å². The zero-order chi connectivity index (χ0) is 12.7. The van der Waals surface area contributed by atoms with Crippen LogP contribution in [0.25, 0.3) is 0 Å². The SMILES string of the molecule is C[C@H](CC#CCN1CCOCC1)OC(C)(C)C. The Morgan fingerprint density at radius 1 is 1.24 bits per heavy atom. The lowest BCUT2D eigenvalue weighted by atomic mass is 10.1. The van der Waals surface area contributed by atoms with E-state index in [0.717, 1.165) is 39.3 Å². The minimum atomic E-state index is -0.0781. The van der Waals surface area contributed by atoms with Crippen molar-refractivity contribution in [3.05, 3.63) is 0 Å². The topological polar surface area (TPSA) is 21.7 Å². The van der Waals surface area contributed by atoms with Crippen LogP contribution in [0.5, 0.6) is 0 Å². The van der Waals surface area contributed by atoms with Crippen LogP contribution in [0.3, 0.4) is 0 Å². The second-order valence-electron chi connectivity index (χ2n) is 5.49. The molecule has 0 spiro atoms. The quantitative estimate of drug-likeness (QED) is 0.702. The molecule has 1 fully saturated rings. The summed E-state index contributed by atoms with van der Waals surface area (Å²) < 4.78 is 11.1. The molecule has 0 amide bonds. The highest BCUT2D eigenvalue weighted by Crippen LogP contribution is 2.11. The zero-order valence-electron chi connectivity index (χ0n) is 11.6. The van der Waals surface area contributed by atoms with Gasteiger partial charge >= 0.3 is 0 Å². The molecule has 98 valence electrons. The zero-order valence-corrected chi connectivity index (χ0v) is 11.6. The average molecular weight is 239 g/mol. The van der Waals surface area contributed by atoms with E-state index in [2.05, 4.69) is 44.4 Å². The highest BCUT2D eigenvalue weighted by molar-refractivity contribution is 5.02. The molecule has 0 radical (unpaired) electrons. The smallest absolute Gasteiger partial charge is 0.0663 e. The van der Waals surface area contributed by atoms with Gasteiger partial charge in [-0.2, -0.15) is 0 Å². The summed E-state index contributed by atoms with van der Waals surface area (Å²) in [5, 5.41) is 0. The first-order valence-corrected chi connectivity index (χ1v) is 6.41. The molecule has 0 bridgehead atoms. The average Bonchev–Trinajstić information content (AvgIpc) is 2.23. The van der Waals surface area contributed by atoms with E-state index in [1.807, 2.05) is 0 Å². The van der Waals surface area contributed by atoms with Gasteiger partial charge in [-0.3, -0.25) is 4.90 Å². The lowest BCUT2D eigenvalue weighted by molar-refractivity contribution is -0.0485. The maximum Gasteiger partial charge on any atom is 0.0663 e. The Balaban J connectivity index is 2.16. The molecule has 0 saturated carbocycles. The van der Waals surface area contributed by atoms with E-state index < -0.39 is 0 Å². The van der Waals surface area contributed by atoms with Gasteiger partial charge in [0.2, 0.25) is 0 Å². The van der Waals surface area contributed by atoms with Crippen molar-refractivity contribution < 1.29 is 9.47 Å². The fourth-order valence-electron chi connectivity index (χ4n) is 1.79. The van der Waals surface area contributed by atoms with E-state index in [1.165, 1.54) is 0 Å². The molecule has 0 aliphatic carbocycles. The van der Waals surface area contributed by atoms with Crippen LogP contribution in [0, 0.1) is 11.8 Å². The summed E-state index contributed by atoms with van der Waals surface area (Å²) >= 11 is 0. The van der Waals surface area contributed by atoms with Crippen molar-refractivity contribution in [2.24, 2.45) is 0 Å². The number of hydrogen-bond donors (Lipinski definition) is 0. The molecule has 17 heavy (non-hydrogen) atoms. The van der Waals surface area contributed by atoms with Crippen LogP contribution >= 0.6 is 0 Å². The van der Waals surface area contributed by atoms with E-state index >= 15 is 0 Å². The minimum Gasteiger partial charge on any atom is -0.379 e. The van der Waals surface area contributed by atoms with Gasteiger partial charge in [0.25, 0.3) is 0 Å². The molecule has 1 aliphatic heterocycles. The monoisotopic (exact) mass is 239 g/mol. The third-order valence-corrected chi connectivity index (χ3v) is 2.48. The molecule has 1 rings (SSSR count). The van der Waals surface area contributed by atoms with Crippen molar-refractivity contribution in [1.29, 1.82) is 0 Å². The Bertz CT molecular complexity index is 266. The number of hydrogen-bond acceptors (Lipinski definition) is 3. The minimum absolute atomic E-state index is 0.0781. The van der Waals surface area contributed by atoms with Gasteiger partial charge in [0, 0.05) is 19.5 Å². The molecule has 3 heteroatoms. The Kier molecular flexibility index (Phi) is 5.97. The summed E-state index contributed by atoms with van der Waals surface area (Å²) in [6, 6.07) is 0. The first-order valence-electron chi connectivity index (χ1n) is 6.41. The summed E-state index contributed by atoms with van der Waals surface area (Å²) in [5.74, 6) is 6.41. The van der Waals surface area contributed by atoms with Gasteiger partial charge in [0.05, 0.1) is 31.5 Å². The van der Waals surface area contributed by atoms with Crippen LogP contribution in [0.15, 0.2) is 0 Å². The van der Waals surface area contributed by atoms with Gasteiger partial charge in [-0.15, -0.1) is 0 Å². The Hall–Kier alpha value is -0.560.